The third-order valence-corrected chi connectivity index (χ3v) is 1.58. The highest BCUT2D eigenvalue weighted by Gasteiger charge is 2.34. The maximum atomic E-state index is 10.5. The Morgan fingerprint density at radius 2 is 2.08 bits per heavy atom. The molecular weight excluding hydrogens is 200 g/mol. The van der Waals surface area contributed by atoms with E-state index in [4.69, 9.17) is 9.47 Å². The van der Waals surface area contributed by atoms with E-state index in [1.807, 2.05) is 0 Å². The van der Waals surface area contributed by atoms with Gasteiger partial charge in [-0.2, -0.15) is 13.3 Å². The van der Waals surface area contributed by atoms with E-state index in [0.29, 0.717) is 0 Å². The minimum atomic E-state index is -3.61. The zero-order valence-corrected chi connectivity index (χ0v) is 8.46. The van der Waals surface area contributed by atoms with E-state index < -0.39 is 22.2 Å². The van der Waals surface area contributed by atoms with Crippen molar-refractivity contribution in [1.82, 2.24) is 0 Å². The lowest BCUT2D eigenvalue weighted by atomic mass is 10.4. The molecule has 0 N–H and O–H groups in total. The van der Waals surface area contributed by atoms with Crippen LogP contribution in [0.5, 0.6) is 0 Å². The van der Waals surface area contributed by atoms with Gasteiger partial charge < -0.3 is 9.47 Å². The molecule has 7 heteroatoms. The summed E-state index contributed by atoms with van der Waals surface area (Å²) in [7, 11) is -3.61. The molecule has 0 aliphatic carbocycles. The van der Waals surface area contributed by atoms with Gasteiger partial charge in [0.15, 0.2) is 5.79 Å². The van der Waals surface area contributed by atoms with Crippen molar-refractivity contribution in [2.45, 2.75) is 25.9 Å². The summed E-state index contributed by atoms with van der Waals surface area (Å²) in [6.07, 6.45) is 0.0817. The van der Waals surface area contributed by atoms with Crippen molar-refractivity contribution in [2.24, 2.45) is 0 Å². The molecule has 0 aromatic carbocycles. The van der Waals surface area contributed by atoms with Crippen LogP contribution >= 0.6 is 0 Å². The van der Waals surface area contributed by atoms with Gasteiger partial charge in [0.05, 0.1) is 6.26 Å². The van der Waals surface area contributed by atoms with E-state index in [-0.39, 0.29) is 6.61 Å². The second-order valence-corrected chi connectivity index (χ2v) is 4.67. The molecule has 6 nitrogen and oxygen atoms in total. The molecule has 0 bridgehead atoms. The fraction of sp³-hybridized carbons (Fsp3) is 1.00. The first-order valence-corrected chi connectivity index (χ1v) is 5.47. The predicted octanol–water partition coefficient (Wildman–Crippen LogP) is 0.00320. The van der Waals surface area contributed by atoms with Gasteiger partial charge >= 0.3 is 0 Å². The van der Waals surface area contributed by atoms with E-state index in [0.717, 1.165) is 6.26 Å². The lowest BCUT2D eigenvalue weighted by molar-refractivity contribution is -0.316. The largest absolute Gasteiger partial charge is 0.345 e. The quantitative estimate of drug-likeness (QED) is 0.484. The molecule has 1 fully saturated rings. The maximum Gasteiger partial charge on any atom is 0.290 e. The molecule has 13 heavy (non-hydrogen) atoms. The van der Waals surface area contributed by atoms with Gasteiger partial charge in [-0.1, -0.05) is 0 Å². The van der Waals surface area contributed by atoms with Crippen molar-refractivity contribution in [3.8, 4) is 0 Å². The molecule has 78 valence electrons. The number of rotatable bonds is 3. The first-order valence-electron chi connectivity index (χ1n) is 3.65. The molecule has 0 unspecified atom stereocenters. The first-order chi connectivity index (χ1) is 5.79. The highest BCUT2D eigenvalue weighted by atomic mass is 32.2. The van der Waals surface area contributed by atoms with Crippen LogP contribution in [0.1, 0.15) is 13.8 Å². The summed E-state index contributed by atoms with van der Waals surface area (Å²) in [5.41, 5.74) is 0. The minimum Gasteiger partial charge on any atom is -0.345 e. The second kappa shape index (κ2) is 3.50. The lowest BCUT2D eigenvalue weighted by Crippen LogP contribution is -2.23. The van der Waals surface area contributed by atoms with Crippen LogP contribution < -0.4 is 0 Å². The molecule has 0 aromatic heterocycles. The molecule has 0 aromatic rings. The van der Waals surface area contributed by atoms with Crippen LogP contribution in [0.3, 0.4) is 0 Å². The van der Waals surface area contributed by atoms with Crippen molar-refractivity contribution >= 4 is 10.1 Å². The molecule has 0 radical (unpaired) electrons. The van der Waals surface area contributed by atoms with E-state index in [2.05, 4.69) is 9.22 Å². The molecular formula is C6H12O6S. The Bertz CT molecular complexity index is 269. The second-order valence-electron chi connectivity index (χ2n) is 3.13. The average molecular weight is 212 g/mol. The summed E-state index contributed by atoms with van der Waals surface area (Å²) in [4.78, 5) is 4.47. The predicted molar refractivity (Wildman–Crippen MR) is 41.9 cm³/mol. The Kier molecular flexibility index (Phi) is 2.93. The Morgan fingerprint density at radius 1 is 1.46 bits per heavy atom. The minimum absolute atomic E-state index is 0.141. The fourth-order valence-corrected chi connectivity index (χ4v) is 1.05. The molecule has 0 spiro atoms. The van der Waals surface area contributed by atoms with E-state index in [1.165, 1.54) is 0 Å². The Hall–Kier alpha value is -0.210. The molecule has 1 rings (SSSR count). The third-order valence-electron chi connectivity index (χ3n) is 1.25. The van der Waals surface area contributed by atoms with Gasteiger partial charge in [0.2, 0.25) is 6.29 Å². The van der Waals surface area contributed by atoms with Gasteiger partial charge in [0, 0.05) is 0 Å². The van der Waals surface area contributed by atoms with Crippen molar-refractivity contribution in [1.29, 1.82) is 0 Å². The summed E-state index contributed by atoms with van der Waals surface area (Å²) < 4.78 is 35.3. The highest BCUT2D eigenvalue weighted by Crippen LogP contribution is 2.23. The van der Waals surface area contributed by atoms with Gasteiger partial charge in [0.25, 0.3) is 10.1 Å². The number of hydrogen-bond donors (Lipinski definition) is 0. The zero-order chi connectivity index (χ0) is 10.1. The van der Waals surface area contributed by atoms with Crippen molar-refractivity contribution in [2.75, 3.05) is 12.9 Å². The van der Waals surface area contributed by atoms with Crippen molar-refractivity contribution in [3.63, 3.8) is 0 Å². The lowest BCUT2D eigenvalue weighted by Gasteiger charge is -2.15. The van der Waals surface area contributed by atoms with E-state index in [9.17, 15) is 8.42 Å². The van der Waals surface area contributed by atoms with Crippen LogP contribution in [0.2, 0.25) is 0 Å². The van der Waals surface area contributed by atoms with Crippen LogP contribution in [0.15, 0.2) is 0 Å². The van der Waals surface area contributed by atoms with Crippen LogP contribution in [-0.4, -0.2) is 33.4 Å². The molecule has 0 amide bonds. The smallest absolute Gasteiger partial charge is 0.290 e. The van der Waals surface area contributed by atoms with Gasteiger partial charge in [-0.15, -0.1) is 4.33 Å². The molecule has 1 aliphatic heterocycles. The Balaban J connectivity index is 2.34. The standard InChI is InChI=1S/C6H12O6S/c1-6(2)9-4-5(10-6)11-12-13(3,7)8/h5H,4H2,1-3H3/t5-/m1/s1. The third kappa shape index (κ3) is 4.01. The highest BCUT2D eigenvalue weighted by molar-refractivity contribution is 7.85. The SMILES string of the molecule is CC1(C)OC[C@@H](OOS(C)(=O)=O)O1. The van der Waals surface area contributed by atoms with Gasteiger partial charge in [-0.3, -0.25) is 0 Å². The van der Waals surface area contributed by atoms with E-state index >= 15 is 0 Å². The summed E-state index contributed by atoms with van der Waals surface area (Å²) in [5, 5.41) is 0. The summed E-state index contributed by atoms with van der Waals surface area (Å²) in [6.45, 7) is 3.52. The number of hydrogen-bond acceptors (Lipinski definition) is 6. The normalized spacial score (nSPS) is 27.8. The molecule has 1 aliphatic rings. The van der Waals surface area contributed by atoms with Crippen LogP contribution in [-0.2, 0) is 28.8 Å². The van der Waals surface area contributed by atoms with E-state index in [1.54, 1.807) is 13.8 Å². The number of ether oxygens (including phenoxy) is 2. The van der Waals surface area contributed by atoms with Crippen LogP contribution in [0, 0.1) is 0 Å². The Labute approximate surface area is 76.8 Å². The zero-order valence-electron chi connectivity index (χ0n) is 7.64. The fourth-order valence-electron chi connectivity index (χ4n) is 0.816. The van der Waals surface area contributed by atoms with Crippen molar-refractivity contribution in [3.05, 3.63) is 0 Å². The topological polar surface area (TPSA) is 71.1 Å². The summed E-state index contributed by atoms with van der Waals surface area (Å²) >= 11 is 0. The molecule has 1 saturated heterocycles. The molecule has 1 heterocycles. The molecule has 1 atom stereocenters. The van der Waals surface area contributed by atoms with Gasteiger partial charge in [0.1, 0.15) is 6.61 Å². The van der Waals surface area contributed by atoms with Crippen LogP contribution in [0.25, 0.3) is 0 Å². The molecule has 0 saturated carbocycles. The average Bonchev–Trinajstić information content (AvgIpc) is 2.24. The van der Waals surface area contributed by atoms with Gasteiger partial charge in [-0.25, -0.2) is 0 Å². The summed E-state index contributed by atoms with van der Waals surface area (Å²) in [5.74, 6) is -0.758. The van der Waals surface area contributed by atoms with Crippen molar-refractivity contribution < 1.29 is 27.1 Å². The Morgan fingerprint density at radius 3 is 2.46 bits per heavy atom. The maximum absolute atomic E-state index is 10.5. The van der Waals surface area contributed by atoms with Gasteiger partial charge in [-0.05, 0) is 13.8 Å². The first kappa shape index (κ1) is 10.9. The summed E-state index contributed by atoms with van der Waals surface area (Å²) in [6, 6.07) is 0. The van der Waals surface area contributed by atoms with Crippen LogP contribution in [0.4, 0.5) is 0 Å². The monoisotopic (exact) mass is 212 g/mol.